The summed E-state index contributed by atoms with van der Waals surface area (Å²) in [5.41, 5.74) is 0. The lowest BCUT2D eigenvalue weighted by atomic mass is 10.1. The average Bonchev–Trinajstić information content (AvgIpc) is 3.44. The highest BCUT2D eigenvalue weighted by atomic mass is 16.6. The fraction of sp³-hybridized carbons (Fsp3) is 0.479. The third kappa shape index (κ3) is 62.8. The highest BCUT2D eigenvalue weighted by Crippen LogP contribution is 2.12. The number of aliphatic hydroxyl groups excluding tert-OH is 1. The molecule has 0 saturated heterocycles. The molecule has 1 atom stereocenters. The van der Waals surface area contributed by atoms with E-state index >= 15 is 0 Å². The minimum absolute atomic E-state index is 0.116. The van der Waals surface area contributed by atoms with Crippen molar-refractivity contribution in [3.8, 4) is 0 Å². The van der Waals surface area contributed by atoms with Crippen LogP contribution in [0.25, 0.3) is 0 Å². The van der Waals surface area contributed by atoms with Crippen LogP contribution in [0, 0.1) is 0 Å². The number of esters is 2. The van der Waals surface area contributed by atoms with Gasteiger partial charge in [0.2, 0.25) is 0 Å². The Hall–Kier alpha value is -5.78. The van der Waals surface area contributed by atoms with Gasteiger partial charge < -0.3 is 14.6 Å². The minimum atomic E-state index is -0.821. The third-order valence-electron chi connectivity index (χ3n) is 11.8. The zero-order chi connectivity index (χ0) is 56.2. The van der Waals surface area contributed by atoms with Gasteiger partial charge in [0.1, 0.15) is 6.61 Å². The molecule has 0 aliphatic rings. The van der Waals surface area contributed by atoms with Crippen molar-refractivity contribution in [2.24, 2.45) is 0 Å². The van der Waals surface area contributed by atoms with E-state index in [1.54, 1.807) is 0 Å². The maximum Gasteiger partial charge on any atom is 0.306 e. The van der Waals surface area contributed by atoms with E-state index < -0.39 is 6.10 Å². The van der Waals surface area contributed by atoms with Gasteiger partial charge in [0.25, 0.3) is 0 Å². The molecule has 0 rings (SSSR count). The maximum atomic E-state index is 12.3. The van der Waals surface area contributed by atoms with Crippen molar-refractivity contribution in [1.82, 2.24) is 0 Å². The maximum absolute atomic E-state index is 12.3. The summed E-state index contributed by atoms with van der Waals surface area (Å²) in [6.07, 6.45) is 108. The van der Waals surface area contributed by atoms with Crippen LogP contribution >= 0.6 is 0 Å². The standard InChI is InChI=1S/C73H108O5/c1-3-5-7-9-11-13-15-17-19-21-23-25-27-28-29-30-31-32-33-34-35-36-37-38-39-40-41-42-43-44-46-48-50-52-54-56-58-60-62-64-66-68-73(76)78-71(69-74)70-77-72(75)67-65-63-61-59-57-55-53-51-49-47-45-26-24-22-20-18-16-14-12-10-8-6-4-2/h5-8,11-14,17-20,23-26,28-29,31-32,34-35,37-38,40-41,43-44,47-50,53,55,59,61,71,74H,3-4,9-10,15-16,21-22,27,30,33,36,39,42,45-46,51-52,54,56-58,60,62-70H2,1-2H3/b7-5-,8-6-,13-11-,14-12-,19-17-,20-18-,25-23-,26-24-,29-28-,32-31-,35-34-,38-37-,41-40-,44-43-,49-47-,50-48-,55-53-,61-59-. The Morgan fingerprint density at radius 2 is 0.526 bits per heavy atom. The smallest absolute Gasteiger partial charge is 0.306 e. The molecule has 0 aromatic heterocycles. The van der Waals surface area contributed by atoms with E-state index in [2.05, 4.69) is 233 Å². The first-order valence-corrected chi connectivity index (χ1v) is 30.3. The first-order chi connectivity index (χ1) is 38.6. The lowest BCUT2D eigenvalue weighted by Gasteiger charge is -2.15. The molecule has 430 valence electrons. The molecule has 5 heteroatoms. The van der Waals surface area contributed by atoms with Crippen LogP contribution in [-0.2, 0) is 19.1 Å². The lowest BCUT2D eigenvalue weighted by molar-refractivity contribution is -0.161. The van der Waals surface area contributed by atoms with Gasteiger partial charge in [0.05, 0.1) is 6.61 Å². The van der Waals surface area contributed by atoms with Crippen LogP contribution in [0.15, 0.2) is 219 Å². The molecule has 0 fully saturated rings. The quantitative estimate of drug-likeness (QED) is 0.0373. The monoisotopic (exact) mass is 1060 g/mol. The molecule has 78 heavy (non-hydrogen) atoms. The SMILES string of the molecule is CC/C=C\C/C=C\C/C=C\C/C=C\C/C=C\C/C=C\C/C=C\C/C=C\C/C=C\C/C=C\C/C=C\CCCCCCCCCC(=O)OC(CO)COC(=O)CCC/C=C\C/C=C\C/C=C\C/C=C\C/C=C\C/C=C\C/C=C\CC. The number of carbonyl (C=O) groups is 2. The van der Waals surface area contributed by atoms with Gasteiger partial charge in [0.15, 0.2) is 6.10 Å². The molecule has 5 nitrogen and oxygen atoms in total. The van der Waals surface area contributed by atoms with E-state index in [4.69, 9.17) is 9.47 Å². The number of allylic oxidation sites excluding steroid dienone is 36. The summed E-state index contributed by atoms with van der Waals surface area (Å²) in [6, 6.07) is 0. The molecule has 0 heterocycles. The molecule has 0 aliphatic heterocycles. The number of unbranched alkanes of at least 4 members (excludes halogenated alkanes) is 8. The van der Waals surface area contributed by atoms with Gasteiger partial charge in [-0.25, -0.2) is 0 Å². The van der Waals surface area contributed by atoms with Gasteiger partial charge in [-0.05, 0) is 148 Å². The van der Waals surface area contributed by atoms with Crippen molar-refractivity contribution in [3.63, 3.8) is 0 Å². The molecule has 0 radical (unpaired) electrons. The predicted octanol–water partition coefficient (Wildman–Crippen LogP) is 21.2. The average molecular weight is 1070 g/mol. The number of aliphatic hydroxyl groups is 1. The molecule has 1 N–H and O–H groups in total. The Bertz CT molecular complexity index is 1930. The molecule has 0 aromatic carbocycles. The topological polar surface area (TPSA) is 72.8 Å². The Morgan fingerprint density at radius 1 is 0.295 bits per heavy atom. The second kappa shape index (κ2) is 65.5. The highest BCUT2D eigenvalue weighted by molar-refractivity contribution is 5.70. The predicted molar refractivity (Wildman–Crippen MR) is 342 cm³/mol. The largest absolute Gasteiger partial charge is 0.462 e. The molecule has 0 spiro atoms. The van der Waals surface area contributed by atoms with Gasteiger partial charge >= 0.3 is 11.9 Å². The summed E-state index contributed by atoms with van der Waals surface area (Å²) in [7, 11) is 0. The van der Waals surface area contributed by atoms with E-state index in [0.29, 0.717) is 12.8 Å². The van der Waals surface area contributed by atoms with Crippen molar-refractivity contribution in [1.29, 1.82) is 0 Å². The van der Waals surface area contributed by atoms with Crippen LogP contribution in [0.3, 0.4) is 0 Å². The summed E-state index contributed by atoms with van der Waals surface area (Å²) in [5, 5.41) is 9.65. The first-order valence-electron chi connectivity index (χ1n) is 30.3. The lowest BCUT2D eigenvalue weighted by Crippen LogP contribution is -2.28. The second-order valence-electron chi connectivity index (χ2n) is 19.0. The van der Waals surface area contributed by atoms with Gasteiger partial charge in [-0.1, -0.05) is 265 Å². The van der Waals surface area contributed by atoms with Gasteiger partial charge in [0, 0.05) is 12.8 Å². The molecule has 0 aliphatic carbocycles. The van der Waals surface area contributed by atoms with Crippen molar-refractivity contribution in [2.45, 2.75) is 213 Å². The molecule has 0 saturated carbocycles. The van der Waals surface area contributed by atoms with Crippen LogP contribution in [0.5, 0.6) is 0 Å². The molecule has 1 unspecified atom stereocenters. The number of hydrogen-bond acceptors (Lipinski definition) is 5. The molecule has 0 bridgehead atoms. The molecular weight excluding hydrogens is 957 g/mol. The molecule has 0 aromatic rings. The second-order valence-corrected chi connectivity index (χ2v) is 19.0. The van der Waals surface area contributed by atoms with Gasteiger partial charge in [-0.15, -0.1) is 0 Å². The Labute approximate surface area is 478 Å². The highest BCUT2D eigenvalue weighted by Gasteiger charge is 2.16. The van der Waals surface area contributed by atoms with Crippen molar-refractivity contribution in [2.75, 3.05) is 13.2 Å². The summed E-state index contributed by atoms with van der Waals surface area (Å²) in [6.45, 7) is 3.83. The minimum Gasteiger partial charge on any atom is -0.462 e. The fourth-order valence-electron chi connectivity index (χ4n) is 7.31. The third-order valence-corrected chi connectivity index (χ3v) is 11.8. The molecule has 0 amide bonds. The van der Waals surface area contributed by atoms with E-state index in [1.807, 2.05) is 0 Å². The van der Waals surface area contributed by atoms with Crippen molar-refractivity contribution in [3.05, 3.63) is 219 Å². The zero-order valence-corrected chi connectivity index (χ0v) is 49.1. The first kappa shape index (κ1) is 72.2. The summed E-state index contributed by atoms with van der Waals surface area (Å²) >= 11 is 0. The number of carbonyl (C=O) groups excluding carboxylic acids is 2. The number of ether oxygens (including phenoxy) is 2. The Balaban J connectivity index is 3.71. The van der Waals surface area contributed by atoms with Gasteiger partial charge in [-0.3, -0.25) is 9.59 Å². The van der Waals surface area contributed by atoms with E-state index in [9.17, 15) is 14.7 Å². The van der Waals surface area contributed by atoms with E-state index in [1.165, 1.54) is 25.7 Å². The number of rotatable bonds is 52. The van der Waals surface area contributed by atoms with E-state index in [0.717, 1.165) is 148 Å². The molecular formula is C73H108O5. The van der Waals surface area contributed by atoms with Gasteiger partial charge in [-0.2, -0.15) is 0 Å². The van der Waals surface area contributed by atoms with Crippen LogP contribution in [0.2, 0.25) is 0 Å². The Morgan fingerprint density at radius 3 is 0.808 bits per heavy atom. The van der Waals surface area contributed by atoms with E-state index in [-0.39, 0.29) is 31.6 Å². The van der Waals surface area contributed by atoms with Crippen molar-refractivity contribution < 1.29 is 24.2 Å². The van der Waals surface area contributed by atoms with Crippen LogP contribution in [0.4, 0.5) is 0 Å². The van der Waals surface area contributed by atoms with Crippen molar-refractivity contribution >= 4 is 11.9 Å². The summed E-state index contributed by atoms with van der Waals surface area (Å²) in [4.78, 5) is 24.5. The summed E-state index contributed by atoms with van der Waals surface area (Å²) < 4.78 is 10.6. The number of hydrogen-bond donors (Lipinski definition) is 1. The zero-order valence-electron chi connectivity index (χ0n) is 49.1. The normalized spacial score (nSPS) is 13.8. The Kier molecular flexibility index (Phi) is 60.6. The van der Waals surface area contributed by atoms with Crippen LogP contribution < -0.4 is 0 Å². The van der Waals surface area contributed by atoms with Crippen LogP contribution in [-0.4, -0.2) is 36.4 Å². The fourth-order valence-corrected chi connectivity index (χ4v) is 7.31. The van der Waals surface area contributed by atoms with Crippen LogP contribution in [0.1, 0.15) is 206 Å². The summed E-state index contributed by atoms with van der Waals surface area (Å²) in [5.74, 6) is -0.693.